The Labute approximate surface area is 118 Å². The molecule has 0 fully saturated rings. The van der Waals surface area contributed by atoms with E-state index in [2.05, 4.69) is 16.3 Å². The van der Waals surface area contributed by atoms with Gasteiger partial charge in [-0.15, -0.1) is 0 Å². The molecule has 1 aromatic rings. The lowest BCUT2D eigenvalue weighted by atomic mass is 9.89. The van der Waals surface area contributed by atoms with Gasteiger partial charge >= 0.3 is 0 Å². The summed E-state index contributed by atoms with van der Waals surface area (Å²) >= 11 is 0. The predicted molar refractivity (Wildman–Crippen MR) is 77.9 cm³/mol. The molecule has 2 aliphatic rings. The van der Waals surface area contributed by atoms with E-state index in [0.717, 1.165) is 41.2 Å². The first-order chi connectivity index (χ1) is 9.83. The van der Waals surface area contributed by atoms with Gasteiger partial charge in [0.25, 0.3) is 0 Å². The standard InChI is InChI=1S/C16H16N2O2/c1-19-11-6-7-15-14(10-11)12-4-3-5-16(20-2)13(12)8-9-17-18-15/h5-10H,3-4H2,1-2H3. The molecular formula is C16H16N2O2. The quantitative estimate of drug-likeness (QED) is 0.798. The fourth-order valence-corrected chi connectivity index (χ4v) is 2.57. The van der Waals surface area contributed by atoms with Gasteiger partial charge in [-0.3, -0.25) is 0 Å². The number of hydrogen-bond acceptors (Lipinski definition) is 4. The molecule has 20 heavy (non-hydrogen) atoms. The van der Waals surface area contributed by atoms with Crippen LogP contribution in [-0.4, -0.2) is 14.2 Å². The monoisotopic (exact) mass is 268 g/mol. The molecule has 1 heterocycles. The summed E-state index contributed by atoms with van der Waals surface area (Å²) in [6, 6.07) is 5.85. The first-order valence-corrected chi connectivity index (χ1v) is 6.57. The minimum atomic E-state index is 0.823. The Bertz CT molecular complexity index is 654. The molecule has 0 radical (unpaired) electrons. The third kappa shape index (κ3) is 2.13. The minimum absolute atomic E-state index is 0.823. The maximum atomic E-state index is 5.48. The van der Waals surface area contributed by atoms with Crippen LogP contribution in [0.3, 0.4) is 0 Å². The van der Waals surface area contributed by atoms with Gasteiger partial charge in [-0.2, -0.15) is 10.2 Å². The third-order valence-electron chi connectivity index (χ3n) is 3.54. The third-order valence-corrected chi connectivity index (χ3v) is 3.54. The van der Waals surface area contributed by atoms with Crippen molar-refractivity contribution in [3.05, 3.63) is 53.4 Å². The summed E-state index contributed by atoms with van der Waals surface area (Å²) in [5.74, 6) is 1.72. The van der Waals surface area contributed by atoms with E-state index in [1.165, 1.54) is 5.57 Å². The van der Waals surface area contributed by atoms with Crippen LogP contribution in [0.4, 0.5) is 5.69 Å². The number of benzene rings is 1. The molecule has 0 bridgehead atoms. The number of fused-ring (bicyclic) bond motifs is 2. The van der Waals surface area contributed by atoms with Gasteiger partial charge in [0.2, 0.25) is 0 Å². The Morgan fingerprint density at radius 1 is 1.15 bits per heavy atom. The van der Waals surface area contributed by atoms with Crippen LogP contribution in [0.2, 0.25) is 0 Å². The van der Waals surface area contributed by atoms with Crippen LogP contribution in [-0.2, 0) is 4.74 Å². The second-order valence-corrected chi connectivity index (χ2v) is 4.62. The van der Waals surface area contributed by atoms with E-state index in [4.69, 9.17) is 9.47 Å². The fourth-order valence-electron chi connectivity index (χ4n) is 2.57. The van der Waals surface area contributed by atoms with Gasteiger partial charge in [0, 0.05) is 11.1 Å². The summed E-state index contributed by atoms with van der Waals surface area (Å²) < 4.78 is 10.8. The highest BCUT2D eigenvalue weighted by Gasteiger charge is 2.20. The molecule has 0 saturated heterocycles. The topological polar surface area (TPSA) is 43.2 Å². The van der Waals surface area contributed by atoms with Crippen molar-refractivity contribution in [2.75, 3.05) is 14.2 Å². The molecule has 3 rings (SSSR count). The average molecular weight is 268 g/mol. The average Bonchev–Trinajstić information content (AvgIpc) is 2.49. The van der Waals surface area contributed by atoms with Crippen LogP contribution in [0.25, 0.3) is 5.57 Å². The lowest BCUT2D eigenvalue weighted by molar-refractivity contribution is 0.300. The van der Waals surface area contributed by atoms with Crippen molar-refractivity contribution in [2.45, 2.75) is 12.8 Å². The van der Waals surface area contributed by atoms with E-state index in [1.54, 1.807) is 20.4 Å². The molecule has 1 aromatic carbocycles. The summed E-state index contributed by atoms with van der Waals surface area (Å²) in [6.07, 6.45) is 7.70. The highest BCUT2D eigenvalue weighted by molar-refractivity contribution is 5.82. The van der Waals surface area contributed by atoms with Gasteiger partial charge in [-0.05, 0) is 48.8 Å². The van der Waals surface area contributed by atoms with Crippen LogP contribution >= 0.6 is 0 Å². The molecule has 0 spiro atoms. The molecular weight excluding hydrogens is 252 g/mol. The van der Waals surface area contributed by atoms with Gasteiger partial charge in [-0.1, -0.05) is 0 Å². The maximum Gasteiger partial charge on any atom is 0.122 e. The van der Waals surface area contributed by atoms with E-state index in [-0.39, 0.29) is 0 Å². The lowest BCUT2D eigenvalue weighted by Crippen LogP contribution is -2.02. The zero-order valence-electron chi connectivity index (χ0n) is 11.6. The fraction of sp³-hybridized carbons (Fsp3) is 0.250. The van der Waals surface area contributed by atoms with Gasteiger partial charge in [-0.25, -0.2) is 0 Å². The van der Waals surface area contributed by atoms with E-state index >= 15 is 0 Å². The molecule has 0 amide bonds. The van der Waals surface area contributed by atoms with Crippen molar-refractivity contribution < 1.29 is 9.47 Å². The van der Waals surface area contributed by atoms with Gasteiger partial charge in [0.05, 0.1) is 26.1 Å². The molecule has 0 saturated carbocycles. The van der Waals surface area contributed by atoms with Crippen LogP contribution in [0.1, 0.15) is 18.4 Å². The molecule has 102 valence electrons. The van der Waals surface area contributed by atoms with E-state index in [1.807, 2.05) is 24.3 Å². The van der Waals surface area contributed by atoms with E-state index < -0.39 is 0 Å². The van der Waals surface area contributed by atoms with Crippen LogP contribution in [0.5, 0.6) is 5.75 Å². The zero-order valence-corrected chi connectivity index (χ0v) is 11.6. The molecule has 0 unspecified atom stereocenters. The lowest BCUT2D eigenvalue weighted by Gasteiger charge is -2.21. The first kappa shape index (κ1) is 12.7. The number of nitrogens with zero attached hydrogens (tertiary/aromatic N) is 2. The van der Waals surface area contributed by atoms with Crippen molar-refractivity contribution in [2.24, 2.45) is 10.2 Å². The number of azo groups is 1. The largest absolute Gasteiger partial charge is 0.497 e. The second kappa shape index (κ2) is 5.33. The number of hydrogen-bond donors (Lipinski definition) is 0. The first-order valence-electron chi connectivity index (χ1n) is 6.57. The number of methoxy groups -OCH3 is 2. The summed E-state index contributed by atoms with van der Waals surface area (Å²) in [5.41, 5.74) is 4.23. The molecule has 0 aromatic heterocycles. The Hall–Kier alpha value is -2.36. The predicted octanol–water partition coefficient (Wildman–Crippen LogP) is 4.38. The molecule has 1 aliphatic heterocycles. The maximum absolute atomic E-state index is 5.48. The van der Waals surface area contributed by atoms with Crippen molar-refractivity contribution in [1.29, 1.82) is 0 Å². The normalized spacial score (nSPS) is 16.8. The molecule has 0 N–H and O–H groups in total. The Kier molecular flexibility index (Phi) is 3.37. The van der Waals surface area contributed by atoms with E-state index in [0.29, 0.717) is 0 Å². The summed E-state index contributed by atoms with van der Waals surface area (Å²) in [5, 5.41) is 8.33. The van der Waals surface area contributed by atoms with Crippen molar-refractivity contribution >= 4 is 11.3 Å². The van der Waals surface area contributed by atoms with Crippen molar-refractivity contribution in [1.82, 2.24) is 0 Å². The number of ether oxygens (including phenoxy) is 2. The highest BCUT2D eigenvalue weighted by Crippen LogP contribution is 2.40. The zero-order chi connectivity index (χ0) is 13.9. The SMILES string of the molecule is COC1=CCCC2=C1C=CN=Nc1ccc(OC)cc12. The molecule has 0 atom stereocenters. The van der Waals surface area contributed by atoms with Gasteiger partial charge in [0.1, 0.15) is 11.5 Å². The van der Waals surface area contributed by atoms with Crippen molar-refractivity contribution in [3.63, 3.8) is 0 Å². The minimum Gasteiger partial charge on any atom is -0.497 e. The van der Waals surface area contributed by atoms with E-state index in [9.17, 15) is 0 Å². The van der Waals surface area contributed by atoms with Crippen LogP contribution in [0.15, 0.2) is 58.1 Å². The smallest absolute Gasteiger partial charge is 0.122 e. The summed E-state index contributed by atoms with van der Waals surface area (Å²) in [7, 11) is 3.37. The number of allylic oxidation sites excluding steroid dienone is 3. The Morgan fingerprint density at radius 2 is 2.05 bits per heavy atom. The summed E-state index contributed by atoms with van der Waals surface area (Å²) in [4.78, 5) is 0. The molecule has 4 heteroatoms. The van der Waals surface area contributed by atoms with Crippen molar-refractivity contribution in [3.8, 4) is 5.75 Å². The second-order valence-electron chi connectivity index (χ2n) is 4.62. The Balaban J connectivity index is 2.22. The van der Waals surface area contributed by atoms with Gasteiger partial charge in [0.15, 0.2) is 0 Å². The van der Waals surface area contributed by atoms with Crippen LogP contribution < -0.4 is 4.74 Å². The Morgan fingerprint density at radius 3 is 2.85 bits per heavy atom. The highest BCUT2D eigenvalue weighted by atomic mass is 16.5. The summed E-state index contributed by atoms with van der Waals surface area (Å²) in [6.45, 7) is 0. The van der Waals surface area contributed by atoms with Crippen LogP contribution in [0, 0.1) is 0 Å². The van der Waals surface area contributed by atoms with Gasteiger partial charge < -0.3 is 9.47 Å². The molecule has 1 aliphatic carbocycles. The molecule has 4 nitrogen and oxygen atoms in total. The number of rotatable bonds is 2.